The first kappa shape index (κ1) is 26.1. The molecule has 0 unspecified atom stereocenters. The second-order valence-electron chi connectivity index (χ2n) is 11.6. The number of hydrogen-bond acceptors (Lipinski definition) is 9. The maximum atomic E-state index is 13.8. The Labute approximate surface area is 221 Å². The van der Waals surface area contributed by atoms with E-state index in [1.165, 1.54) is 0 Å². The number of likely N-dealkylation sites (N-methyl/N-ethyl adjacent to an activating group) is 2. The summed E-state index contributed by atoms with van der Waals surface area (Å²) >= 11 is 0. The molecule has 2 atom stereocenters. The van der Waals surface area contributed by atoms with Gasteiger partial charge in [-0.1, -0.05) is 6.42 Å². The molecule has 0 amide bonds. The van der Waals surface area contributed by atoms with E-state index in [4.69, 9.17) is 15.7 Å². The average molecular weight is 510 g/mol. The quantitative estimate of drug-likeness (QED) is 0.486. The van der Waals surface area contributed by atoms with Gasteiger partial charge in [0, 0.05) is 63.4 Å². The Kier molecular flexibility index (Phi) is 7.54. The van der Waals surface area contributed by atoms with E-state index in [-0.39, 0.29) is 11.6 Å². The molecule has 2 saturated heterocycles. The van der Waals surface area contributed by atoms with Crippen LogP contribution in [0.15, 0.2) is 11.6 Å². The van der Waals surface area contributed by atoms with E-state index in [1.54, 1.807) is 0 Å². The zero-order valence-electron chi connectivity index (χ0n) is 22.8. The summed E-state index contributed by atoms with van der Waals surface area (Å²) in [6, 6.07) is 2.40. The van der Waals surface area contributed by atoms with E-state index in [1.807, 2.05) is 0 Å². The summed E-state index contributed by atoms with van der Waals surface area (Å²) in [6.45, 7) is 8.89. The number of carbonyl (C=O) groups excluding carboxylic acids is 2. The topological polar surface area (TPSA) is 98.9 Å². The summed E-state index contributed by atoms with van der Waals surface area (Å²) in [6.07, 6.45) is 6.04. The van der Waals surface area contributed by atoms with Gasteiger partial charge >= 0.3 is 0 Å². The Morgan fingerprint density at radius 2 is 1.62 bits per heavy atom. The number of ketones is 2. The van der Waals surface area contributed by atoms with Crippen molar-refractivity contribution < 1.29 is 9.59 Å². The van der Waals surface area contributed by atoms with Crippen LogP contribution in [0.2, 0.25) is 0 Å². The molecule has 1 spiro atoms. The lowest BCUT2D eigenvalue weighted by molar-refractivity contribution is -0.143. The van der Waals surface area contributed by atoms with Gasteiger partial charge in [-0.3, -0.25) is 9.59 Å². The van der Waals surface area contributed by atoms with Crippen LogP contribution >= 0.6 is 0 Å². The minimum absolute atomic E-state index is 0.0686. The molecule has 37 heavy (non-hydrogen) atoms. The van der Waals surface area contributed by atoms with E-state index < -0.39 is 5.41 Å². The molecule has 202 valence electrons. The van der Waals surface area contributed by atoms with Crippen LogP contribution in [-0.2, 0) is 9.59 Å². The van der Waals surface area contributed by atoms with Gasteiger partial charge in [0.25, 0.3) is 0 Å². The van der Waals surface area contributed by atoms with Gasteiger partial charge in [-0.2, -0.15) is 0 Å². The van der Waals surface area contributed by atoms with Crippen LogP contribution in [0.4, 0.5) is 11.6 Å². The summed E-state index contributed by atoms with van der Waals surface area (Å²) in [7, 11) is 4.31. The van der Waals surface area contributed by atoms with Gasteiger partial charge < -0.3 is 25.3 Å². The summed E-state index contributed by atoms with van der Waals surface area (Å²) < 4.78 is 0. The Balaban J connectivity index is 1.55. The lowest BCUT2D eigenvalue weighted by Gasteiger charge is -2.38. The molecule has 4 aliphatic rings. The van der Waals surface area contributed by atoms with Crippen LogP contribution in [0.25, 0.3) is 5.70 Å². The predicted octanol–water partition coefficient (Wildman–Crippen LogP) is 2.31. The number of nitrogens with two attached hydrogens (primary N) is 1. The fraction of sp³-hybridized carbons (Fsp3) is 0.714. The first-order valence-electron chi connectivity index (χ1n) is 14.1. The van der Waals surface area contributed by atoms with Gasteiger partial charge in [-0.15, -0.1) is 0 Å². The van der Waals surface area contributed by atoms with E-state index in [0.717, 1.165) is 83.1 Å². The van der Waals surface area contributed by atoms with Crippen LogP contribution in [-0.4, -0.2) is 97.3 Å². The Morgan fingerprint density at radius 3 is 2.38 bits per heavy atom. The van der Waals surface area contributed by atoms with Crippen LogP contribution in [0, 0.1) is 5.41 Å². The van der Waals surface area contributed by atoms with Gasteiger partial charge in [0.15, 0.2) is 11.6 Å². The molecule has 1 aromatic rings. The largest absolute Gasteiger partial charge is 0.395 e. The number of piperazine rings is 1. The van der Waals surface area contributed by atoms with E-state index >= 15 is 0 Å². The summed E-state index contributed by atoms with van der Waals surface area (Å²) in [4.78, 5) is 46.1. The van der Waals surface area contributed by atoms with Gasteiger partial charge in [-0.05, 0) is 66.1 Å². The molecular formula is C28H43N7O2. The molecule has 9 heteroatoms. The predicted molar refractivity (Wildman–Crippen MR) is 147 cm³/mol. The number of rotatable bonds is 3. The Hall–Kier alpha value is -2.52. The second-order valence-corrected chi connectivity index (χ2v) is 11.6. The molecule has 2 aliphatic carbocycles. The number of hydrogen-bond donors (Lipinski definition) is 1. The van der Waals surface area contributed by atoms with E-state index in [0.29, 0.717) is 48.8 Å². The highest BCUT2D eigenvalue weighted by Gasteiger charge is 2.49. The van der Waals surface area contributed by atoms with Crippen molar-refractivity contribution in [3.63, 3.8) is 0 Å². The van der Waals surface area contributed by atoms with Crippen molar-refractivity contribution in [2.24, 2.45) is 11.1 Å². The third-order valence-electron chi connectivity index (χ3n) is 8.96. The molecule has 4 fully saturated rings. The first-order chi connectivity index (χ1) is 17.8. The zero-order chi connectivity index (χ0) is 26.2. The highest BCUT2D eigenvalue weighted by Crippen LogP contribution is 2.45. The van der Waals surface area contributed by atoms with Crippen molar-refractivity contribution in [1.29, 1.82) is 0 Å². The van der Waals surface area contributed by atoms with Crippen molar-refractivity contribution >= 4 is 28.9 Å². The monoisotopic (exact) mass is 509 g/mol. The molecule has 1 aromatic heterocycles. The number of nitrogens with zero attached hydrogens (tertiary/aromatic N) is 6. The SMILES string of the molecule is C[C@H]1CN(C)CCCN1c1cc(N2CCN(C)CC2)nc(C(N)=C2CCC[C@@]3(CCCCC3=O)C2=O)n1. The lowest BCUT2D eigenvalue weighted by Crippen LogP contribution is -2.45. The molecular weight excluding hydrogens is 466 g/mol. The number of anilines is 2. The molecule has 5 rings (SSSR count). The summed E-state index contributed by atoms with van der Waals surface area (Å²) in [5, 5.41) is 0. The molecule has 2 saturated carbocycles. The highest BCUT2D eigenvalue weighted by atomic mass is 16.2. The average Bonchev–Trinajstić information content (AvgIpc) is 3.06. The number of Topliss-reactive ketones (excluding diaryl/α,β-unsaturated/α-hetero) is 2. The van der Waals surface area contributed by atoms with Crippen LogP contribution in [0.1, 0.15) is 64.1 Å². The third kappa shape index (κ3) is 5.12. The molecule has 3 heterocycles. The smallest absolute Gasteiger partial charge is 0.179 e. The van der Waals surface area contributed by atoms with Crippen molar-refractivity contribution in [2.45, 2.75) is 64.3 Å². The number of carbonyl (C=O) groups is 2. The Bertz CT molecular complexity index is 1060. The molecule has 0 bridgehead atoms. The summed E-state index contributed by atoms with van der Waals surface area (Å²) in [5.74, 6) is 2.20. The molecule has 2 aliphatic heterocycles. The number of allylic oxidation sites excluding steroid dienone is 1. The lowest BCUT2D eigenvalue weighted by atomic mass is 9.62. The van der Waals surface area contributed by atoms with Crippen molar-refractivity contribution in [3.05, 3.63) is 17.5 Å². The molecule has 0 radical (unpaired) electrons. The van der Waals surface area contributed by atoms with Gasteiger partial charge in [0.05, 0.1) is 11.1 Å². The van der Waals surface area contributed by atoms with Crippen molar-refractivity contribution in [1.82, 2.24) is 19.8 Å². The van der Waals surface area contributed by atoms with Crippen molar-refractivity contribution in [2.75, 3.05) is 69.7 Å². The maximum Gasteiger partial charge on any atom is 0.179 e. The zero-order valence-corrected chi connectivity index (χ0v) is 22.8. The van der Waals surface area contributed by atoms with E-state index in [2.05, 4.69) is 46.7 Å². The highest BCUT2D eigenvalue weighted by molar-refractivity contribution is 6.17. The van der Waals surface area contributed by atoms with Gasteiger partial charge in [0.2, 0.25) is 0 Å². The molecule has 2 N–H and O–H groups in total. The normalized spacial score (nSPS) is 30.1. The molecule has 0 aromatic carbocycles. The number of aromatic nitrogens is 2. The summed E-state index contributed by atoms with van der Waals surface area (Å²) in [5.41, 5.74) is 6.82. The fourth-order valence-electron chi connectivity index (χ4n) is 6.67. The first-order valence-corrected chi connectivity index (χ1v) is 14.1. The Morgan fingerprint density at radius 1 is 0.892 bits per heavy atom. The minimum Gasteiger partial charge on any atom is -0.395 e. The van der Waals surface area contributed by atoms with Crippen molar-refractivity contribution in [3.8, 4) is 0 Å². The maximum absolute atomic E-state index is 13.8. The molecule has 9 nitrogen and oxygen atoms in total. The van der Waals surface area contributed by atoms with Crippen LogP contribution in [0.3, 0.4) is 0 Å². The van der Waals surface area contributed by atoms with Crippen LogP contribution in [0.5, 0.6) is 0 Å². The minimum atomic E-state index is -0.877. The van der Waals surface area contributed by atoms with E-state index in [9.17, 15) is 9.59 Å². The third-order valence-corrected chi connectivity index (χ3v) is 8.96. The standard InChI is InChI=1S/C28H43N7O2/c1-20-19-33(3)12-7-13-35(20)24-18-23(34-16-14-32(2)15-17-34)30-27(31-24)25(29)21-8-6-11-28(26(21)37)10-5-4-9-22(28)36/h18,20H,4-17,19,29H2,1-3H3/t20-,28+/m0/s1. The van der Waals surface area contributed by atoms with Gasteiger partial charge in [0.1, 0.15) is 17.4 Å². The second kappa shape index (κ2) is 10.7. The van der Waals surface area contributed by atoms with Gasteiger partial charge in [-0.25, -0.2) is 9.97 Å². The van der Waals surface area contributed by atoms with Crippen LogP contribution < -0.4 is 15.5 Å². The fourth-order valence-corrected chi connectivity index (χ4v) is 6.67.